The lowest BCUT2D eigenvalue weighted by Gasteiger charge is -2.34. The molecule has 126 valence electrons. The molecule has 0 bridgehead atoms. The van der Waals surface area contributed by atoms with Crippen LogP contribution in [0.15, 0.2) is 48.6 Å². The van der Waals surface area contributed by atoms with Gasteiger partial charge in [0.1, 0.15) is 0 Å². The van der Waals surface area contributed by atoms with Crippen LogP contribution in [0.3, 0.4) is 0 Å². The Bertz CT molecular complexity index is 672. The van der Waals surface area contributed by atoms with E-state index in [-0.39, 0.29) is 17.5 Å². The Labute approximate surface area is 140 Å². The zero-order valence-electron chi connectivity index (χ0n) is 13.4. The number of hydrogen-bond acceptors (Lipinski definition) is 4. The van der Waals surface area contributed by atoms with Gasteiger partial charge in [-0.05, 0) is 19.1 Å². The average Bonchev–Trinajstić information content (AvgIpc) is 2.61. The number of allylic oxidation sites excluding steroid dienone is 3. The normalized spacial score (nSPS) is 15.2. The molecule has 0 atom stereocenters. The third-order valence-corrected chi connectivity index (χ3v) is 3.75. The number of benzene rings is 1. The van der Waals surface area contributed by atoms with E-state index in [0.29, 0.717) is 31.7 Å². The second-order valence-electron chi connectivity index (χ2n) is 5.31. The van der Waals surface area contributed by atoms with E-state index in [1.54, 1.807) is 22.0 Å². The minimum Gasteiger partial charge on any atom is -0.336 e. The lowest BCUT2D eigenvalue weighted by molar-refractivity contribution is -0.384. The molecule has 0 unspecified atom stereocenters. The van der Waals surface area contributed by atoms with Gasteiger partial charge >= 0.3 is 0 Å². The molecule has 0 saturated carbocycles. The van der Waals surface area contributed by atoms with Crippen molar-refractivity contribution in [1.82, 2.24) is 9.80 Å². The number of non-ortho nitro benzene ring substituents is 1. The lowest BCUT2D eigenvalue weighted by atomic mass is 10.1. The first-order valence-corrected chi connectivity index (χ1v) is 7.65. The highest BCUT2D eigenvalue weighted by Crippen LogP contribution is 2.14. The van der Waals surface area contributed by atoms with E-state index >= 15 is 0 Å². The second kappa shape index (κ2) is 8.05. The summed E-state index contributed by atoms with van der Waals surface area (Å²) in [5, 5.41) is 10.6. The third-order valence-electron chi connectivity index (χ3n) is 3.75. The van der Waals surface area contributed by atoms with Crippen LogP contribution in [-0.4, -0.2) is 52.7 Å². The van der Waals surface area contributed by atoms with Crippen LogP contribution in [0.25, 0.3) is 0 Å². The van der Waals surface area contributed by atoms with E-state index in [0.717, 1.165) is 0 Å². The zero-order chi connectivity index (χ0) is 17.5. The highest BCUT2D eigenvalue weighted by Gasteiger charge is 2.24. The Morgan fingerprint density at radius 3 is 2.17 bits per heavy atom. The minimum atomic E-state index is -0.500. The predicted molar refractivity (Wildman–Crippen MR) is 89.5 cm³/mol. The van der Waals surface area contributed by atoms with Gasteiger partial charge in [0.2, 0.25) is 5.91 Å². The van der Waals surface area contributed by atoms with Crippen LogP contribution in [0, 0.1) is 10.1 Å². The van der Waals surface area contributed by atoms with Gasteiger partial charge in [-0.25, -0.2) is 0 Å². The molecule has 1 heterocycles. The Balaban J connectivity index is 1.92. The fourth-order valence-corrected chi connectivity index (χ4v) is 2.39. The highest BCUT2D eigenvalue weighted by atomic mass is 16.6. The van der Waals surface area contributed by atoms with Crippen molar-refractivity contribution in [2.75, 3.05) is 26.2 Å². The van der Waals surface area contributed by atoms with Crippen LogP contribution >= 0.6 is 0 Å². The number of nitro benzene ring substituents is 1. The summed E-state index contributed by atoms with van der Waals surface area (Å²) in [6.45, 7) is 3.70. The minimum absolute atomic E-state index is 0.0464. The molecule has 7 heteroatoms. The molecular formula is C17H19N3O4. The topological polar surface area (TPSA) is 83.8 Å². The number of hydrogen-bond donors (Lipinski definition) is 0. The van der Waals surface area contributed by atoms with Crippen molar-refractivity contribution in [2.45, 2.75) is 6.92 Å². The first kappa shape index (κ1) is 17.4. The van der Waals surface area contributed by atoms with Gasteiger partial charge in [0.05, 0.1) is 4.92 Å². The van der Waals surface area contributed by atoms with Gasteiger partial charge in [0.25, 0.3) is 11.6 Å². The average molecular weight is 329 g/mol. The summed E-state index contributed by atoms with van der Waals surface area (Å²) in [6, 6.07) is 5.55. The molecule has 0 spiro atoms. The van der Waals surface area contributed by atoms with Gasteiger partial charge in [0.15, 0.2) is 0 Å². The van der Waals surface area contributed by atoms with Crippen molar-refractivity contribution in [1.29, 1.82) is 0 Å². The molecule has 2 amide bonds. The molecule has 1 saturated heterocycles. The SMILES string of the molecule is CC=CC=CC(=O)N1CCN(C(=O)c2ccc([N+](=O)[O-])cc2)CC1. The highest BCUT2D eigenvalue weighted by molar-refractivity contribution is 5.94. The number of carbonyl (C=O) groups excluding carboxylic acids is 2. The van der Waals surface area contributed by atoms with Crippen LogP contribution in [0.4, 0.5) is 5.69 Å². The predicted octanol–water partition coefficient (Wildman–Crippen LogP) is 2.01. The molecule has 24 heavy (non-hydrogen) atoms. The van der Waals surface area contributed by atoms with Crippen LogP contribution in [0.2, 0.25) is 0 Å². The van der Waals surface area contributed by atoms with Crippen molar-refractivity contribution in [3.8, 4) is 0 Å². The van der Waals surface area contributed by atoms with Crippen LogP contribution in [0.1, 0.15) is 17.3 Å². The van der Waals surface area contributed by atoms with Gasteiger partial charge in [-0.15, -0.1) is 0 Å². The maximum Gasteiger partial charge on any atom is 0.269 e. The first-order chi connectivity index (χ1) is 11.5. The number of nitro groups is 1. The molecule has 0 aromatic heterocycles. The van der Waals surface area contributed by atoms with Gasteiger partial charge < -0.3 is 9.80 Å². The molecule has 1 aromatic carbocycles. The molecule has 1 fully saturated rings. The van der Waals surface area contributed by atoms with E-state index in [2.05, 4.69) is 0 Å². The quantitative estimate of drug-likeness (QED) is 0.366. The van der Waals surface area contributed by atoms with Crippen molar-refractivity contribution in [2.24, 2.45) is 0 Å². The standard InChI is InChI=1S/C17H19N3O4/c1-2-3-4-5-16(21)18-10-12-19(13-11-18)17(22)14-6-8-15(9-7-14)20(23)24/h2-9H,10-13H2,1H3. The molecule has 1 aliphatic heterocycles. The largest absolute Gasteiger partial charge is 0.336 e. The van der Waals surface area contributed by atoms with E-state index in [1.165, 1.54) is 30.3 Å². The molecular weight excluding hydrogens is 310 g/mol. The molecule has 0 radical (unpaired) electrons. The van der Waals surface area contributed by atoms with E-state index in [4.69, 9.17) is 0 Å². The summed E-state index contributed by atoms with van der Waals surface area (Å²) in [5.74, 6) is -0.253. The smallest absolute Gasteiger partial charge is 0.269 e. The van der Waals surface area contributed by atoms with Crippen LogP contribution < -0.4 is 0 Å². The van der Waals surface area contributed by atoms with Crippen LogP contribution in [0.5, 0.6) is 0 Å². The molecule has 1 aromatic rings. The molecule has 0 N–H and O–H groups in total. The summed E-state index contributed by atoms with van der Waals surface area (Å²) >= 11 is 0. The Morgan fingerprint density at radius 2 is 1.62 bits per heavy atom. The fraction of sp³-hybridized carbons (Fsp3) is 0.294. The summed E-state index contributed by atoms with van der Waals surface area (Å²) < 4.78 is 0. The van der Waals surface area contributed by atoms with Gasteiger partial charge in [-0.2, -0.15) is 0 Å². The fourth-order valence-electron chi connectivity index (χ4n) is 2.39. The van der Waals surface area contributed by atoms with Crippen molar-refractivity contribution < 1.29 is 14.5 Å². The van der Waals surface area contributed by atoms with Crippen molar-refractivity contribution in [3.63, 3.8) is 0 Å². The number of carbonyl (C=O) groups is 2. The van der Waals surface area contributed by atoms with Crippen LogP contribution in [-0.2, 0) is 4.79 Å². The number of rotatable bonds is 4. The van der Waals surface area contributed by atoms with Crippen molar-refractivity contribution >= 4 is 17.5 Å². The lowest BCUT2D eigenvalue weighted by Crippen LogP contribution is -2.50. The molecule has 0 aliphatic carbocycles. The van der Waals surface area contributed by atoms with Gasteiger partial charge in [-0.3, -0.25) is 19.7 Å². The molecule has 1 aliphatic rings. The maximum atomic E-state index is 12.4. The maximum absolute atomic E-state index is 12.4. The monoisotopic (exact) mass is 329 g/mol. The molecule has 2 rings (SSSR count). The van der Waals surface area contributed by atoms with E-state index in [1.807, 2.05) is 13.0 Å². The number of amides is 2. The summed E-state index contributed by atoms with van der Waals surface area (Å²) in [4.78, 5) is 37.8. The van der Waals surface area contributed by atoms with Gasteiger partial charge in [0, 0.05) is 50.0 Å². The Morgan fingerprint density at radius 1 is 1.04 bits per heavy atom. The first-order valence-electron chi connectivity index (χ1n) is 7.65. The summed E-state index contributed by atoms with van der Waals surface area (Å²) in [5.41, 5.74) is 0.364. The number of nitrogens with zero attached hydrogens (tertiary/aromatic N) is 3. The Kier molecular flexibility index (Phi) is 5.83. The summed E-state index contributed by atoms with van der Waals surface area (Å²) in [6.07, 6.45) is 6.82. The third kappa shape index (κ3) is 4.28. The van der Waals surface area contributed by atoms with Gasteiger partial charge in [-0.1, -0.05) is 18.2 Å². The summed E-state index contributed by atoms with van der Waals surface area (Å²) in [7, 11) is 0. The zero-order valence-corrected chi connectivity index (χ0v) is 13.4. The molecule has 7 nitrogen and oxygen atoms in total. The number of piperazine rings is 1. The van der Waals surface area contributed by atoms with E-state index < -0.39 is 4.92 Å². The Hall–Kier alpha value is -2.96. The van der Waals surface area contributed by atoms with E-state index in [9.17, 15) is 19.7 Å². The van der Waals surface area contributed by atoms with Crippen molar-refractivity contribution in [3.05, 3.63) is 64.2 Å². The second-order valence-corrected chi connectivity index (χ2v) is 5.31.